The summed E-state index contributed by atoms with van der Waals surface area (Å²) < 4.78 is 14.5. The Bertz CT molecular complexity index is 1100. The van der Waals surface area contributed by atoms with Gasteiger partial charge in [-0.1, -0.05) is 53.2 Å². The second kappa shape index (κ2) is 9.42. The van der Waals surface area contributed by atoms with Gasteiger partial charge in [0, 0.05) is 6.54 Å². The molecule has 1 N–H and O–H groups in total. The Morgan fingerprint density at radius 1 is 1.23 bits per heavy atom. The van der Waals surface area contributed by atoms with Gasteiger partial charge in [-0.25, -0.2) is 9.38 Å². The fourth-order valence-electron chi connectivity index (χ4n) is 2.96. The minimum Gasteiger partial charge on any atom is -0.355 e. The largest absolute Gasteiger partial charge is 0.355 e. The quantitative estimate of drug-likeness (QED) is 0.586. The van der Waals surface area contributed by atoms with Gasteiger partial charge in [0.05, 0.1) is 21.5 Å². The highest BCUT2D eigenvalue weighted by atomic mass is 35.5. The van der Waals surface area contributed by atoms with Crippen molar-refractivity contribution in [3.05, 3.63) is 69.6 Å². The molecule has 0 radical (unpaired) electrons. The molecule has 4 rings (SSSR count). The summed E-state index contributed by atoms with van der Waals surface area (Å²) in [6, 6.07) is 10.9. The topological polar surface area (TPSA) is 61.8 Å². The van der Waals surface area contributed by atoms with Crippen LogP contribution in [-0.2, 0) is 9.59 Å². The summed E-state index contributed by atoms with van der Waals surface area (Å²) in [5.74, 6) is -0.559. The second-order valence-electron chi connectivity index (χ2n) is 7.23. The number of anilines is 1. The van der Waals surface area contributed by atoms with E-state index in [1.54, 1.807) is 36.4 Å². The standard InChI is InChI=1S/C22H18Cl2FN3O2S/c23-15-8-7-14(9-16(15)24)10-18-21(30)28(19-4-2-1-3-17(19)25)22(27-18)31-12-20(29)26-11-13-5-6-13/h1-4,7-10,13H,5-6,11-12H2,(H,26,29)/b18-10+. The molecule has 5 nitrogen and oxygen atoms in total. The molecule has 1 aliphatic carbocycles. The number of hydrogen-bond donors (Lipinski definition) is 1. The van der Waals surface area contributed by atoms with Crippen molar-refractivity contribution in [1.82, 2.24) is 5.32 Å². The Labute approximate surface area is 193 Å². The summed E-state index contributed by atoms with van der Waals surface area (Å²) >= 11 is 13.1. The third-order valence-corrected chi connectivity index (χ3v) is 6.46. The molecule has 1 heterocycles. The van der Waals surface area contributed by atoms with Gasteiger partial charge < -0.3 is 5.32 Å². The maximum Gasteiger partial charge on any atom is 0.283 e. The molecule has 2 aromatic carbocycles. The van der Waals surface area contributed by atoms with Crippen molar-refractivity contribution in [3.8, 4) is 0 Å². The van der Waals surface area contributed by atoms with Crippen LogP contribution in [0.2, 0.25) is 10.0 Å². The normalized spacial score (nSPS) is 17.3. The van der Waals surface area contributed by atoms with Crippen molar-refractivity contribution in [2.75, 3.05) is 17.2 Å². The molecule has 0 spiro atoms. The first-order chi connectivity index (χ1) is 14.9. The second-order valence-corrected chi connectivity index (χ2v) is 8.98. The first-order valence-corrected chi connectivity index (χ1v) is 11.4. The lowest BCUT2D eigenvalue weighted by Gasteiger charge is -2.18. The number of benzene rings is 2. The Morgan fingerprint density at radius 2 is 2.00 bits per heavy atom. The number of carbonyl (C=O) groups excluding carboxylic acids is 2. The number of thioether (sulfide) groups is 1. The SMILES string of the molecule is O=C(CSC1=N/C(=C/c2ccc(Cl)c(Cl)c2)C(=O)N1c1ccccc1F)NCC1CC1. The molecule has 0 bridgehead atoms. The summed E-state index contributed by atoms with van der Waals surface area (Å²) in [7, 11) is 0. The van der Waals surface area contributed by atoms with E-state index in [4.69, 9.17) is 23.2 Å². The number of amidine groups is 1. The summed E-state index contributed by atoms with van der Waals surface area (Å²) in [4.78, 5) is 30.8. The number of nitrogens with zero attached hydrogens (tertiary/aromatic N) is 2. The zero-order valence-corrected chi connectivity index (χ0v) is 18.6. The van der Waals surface area contributed by atoms with Crippen LogP contribution >= 0.6 is 35.0 Å². The predicted octanol–water partition coefficient (Wildman–Crippen LogP) is 5.14. The van der Waals surface area contributed by atoms with Crippen LogP contribution in [0, 0.1) is 11.7 Å². The summed E-state index contributed by atoms with van der Waals surface area (Å²) in [5.41, 5.74) is 0.820. The van der Waals surface area contributed by atoms with Gasteiger partial charge in [-0.05, 0) is 54.7 Å². The van der Waals surface area contributed by atoms with E-state index in [1.807, 2.05) is 0 Å². The Hall–Kier alpha value is -2.35. The average Bonchev–Trinajstić information content (AvgIpc) is 3.53. The van der Waals surface area contributed by atoms with E-state index in [9.17, 15) is 14.0 Å². The molecule has 0 aromatic heterocycles. The van der Waals surface area contributed by atoms with Crippen molar-refractivity contribution >= 4 is 63.7 Å². The number of para-hydroxylation sites is 1. The number of hydrogen-bond acceptors (Lipinski definition) is 4. The zero-order chi connectivity index (χ0) is 22.0. The van der Waals surface area contributed by atoms with Crippen LogP contribution in [0.4, 0.5) is 10.1 Å². The molecule has 0 atom stereocenters. The molecule has 2 aliphatic rings. The highest BCUT2D eigenvalue weighted by molar-refractivity contribution is 8.14. The van der Waals surface area contributed by atoms with Gasteiger partial charge >= 0.3 is 0 Å². The molecule has 160 valence electrons. The van der Waals surface area contributed by atoms with E-state index in [1.165, 1.54) is 17.0 Å². The van der Waals surface area contributed by atoms with Gasteiger partial charge in [-0.3, -0.25) is 14.5 Å². The lowest BCUT2D eigenvalue weighted by molar-refractivity contribution is -0.118. The van der Waals surface area contributed by atoms with Gasteiger partial charge in [0.15, 0.2) is 5.17 Å². The summed E-state index contributed by atoms with van der Waals surface area (Å²) in [6.45, 7) is 0.657. The number of aliphatic imine (C=N–C) groups is 1. The molecule has 1 aliphatic heterocycles. The molecule has 2 amide bonds. The fraction of sp³-hybridized carbons (Fsp3) is 0.227. The fourth-order valence-corrected chi connectivity index (χ4v) is 4.10. The van der Waals surface area contributed by atoms with Gasteiger partial charge in [-0.2, -0.15) is 0 Å². The van der Waals surface area contributed by atoms with Gasteiger partial charge in [-0.15, -0.1) is 0 Å². The van der Waals surface area contributed by atoms with Gasteiger partial charge in [0.25, 0.3) is 5.91 Å². The van der Waals surface area contributed by atoms with E-state index in [0.29, 0.717) is 28.1 Å². The molecule has 2 aromatic rings. The molecule has 1 saturated carbocycles. The smallest absolute Gasteiger partial charge is 0.283 e. The number of carbonyl (C=O) groups is 2. The predicted molar refractivity (Wildman–Crippen MR) is 124 cm³/mol. The van der Waals surface area contributed by atoms with Crippen LogP contribution in [0.3, 0.4) is 0 Å². The molecule has 1 fully saturated rings. The lowest BCUT2D eigenvalue weighted by atomic mass is 10.2. The number of rotatable bonds is 6. The van der Waals surface area contributed by atoms with Crippen LogP contribution in [0.5, 0.6) is 0 Å². The van der Waals surface area contributed by atoms with Crippen LogP contribution in [0.15, 0.2) is 53.2 Å². The molecular formula is C22H18Cl2FN3O2S. The van der Waals surface area contributed by atoms with Gasteiger partial charge in [0.2, 0.25) is 5.91 Å². The van der Waals surface area contributed by atoms with Crippen molar-refractivity contribution in [1.29, 1.82) is 0 Å². The number of halogens is 3. The highest BCUT2D eigenvalue weighted by Crippen LogP contribution is 2.32. The summed E-state index contributed by atoms with van der Waals surface area (Å²) in [5, 5.41) is 3.85. The molecule has 0 saturated heterocycles. The maximum absolute atomic E-state index is 14.5. The summed E-state index contributed by atoms with van der Waals surface area (Å²) in [6.07, 6.45) is 3.83. The van der Waals surface area contributed by atoms with Crippen molar-refractivity contribution in [2.45, 2.75) is 12.8 Å². The van der Waals surface area contributed by atoms with Crippen molar-refractivity contribution in [2.24, 2.45) is 10.9 Å². The van der Waals surface area contributed by atoms with Crippen molar-refractivity contribution < 1.29 is 14.0 Å². The molecule has 9 heteroatoms. The van der Waals surface area contributed by atoms with Crippen LogP contribution in [0.25, 0.3) is 6.08 Å². The monoisotopic (exact) mass is 477 g/mol. The Balaban J connectivity index is 1.59. The average molecular weight is 478 g/mol. The number of amides is 2. The maximum atomic E-state index is 14.5. The minimum atomic E-state index is -0.557. The Morgan fingerprint density at radius 3 is 2.71 bits per heavy atom. The van der Waals surface area contributed by atoms with E-state index >= 15 is 0 Å². The van der Waals surface area contributed by atoms with E-state index in [-0.39, 0.29) is 28.2 Å². The van der Waals surface area contributed by atoms with E-state index in [0.717, 1.165) is 24.6 Å². The lowest BCUT2D eigenvalue weighted by Crippen LogP contribution is -2.33. The molecule has 31 heavy (non-hydrogen) atoms. The first kappa shape index (κ1) is 21.9. The van der Waals surface area contributed by atoms with Crippen molar-refractivity contribution in [3.63, 3.8) is 0 Å². The Kier molecular flexibility index (Phi) is 6.65. The minimum absolute atomic E-state index is 0.0733. The molecular weight excluding hydrogens is 460 g/mol. The van der Waals surface area contributed by atoms with E-state index < -0.39 is 11.7 Å². The van der Waals surface area contributed by atoms with Crippen LogP contribution in [0.1, 0.15) is 18.4 Å². The van der Waals surface area contributed by atoms with Crippen LogP contribution < -0.4 is 10.2 Å². The van der Waals surface area contributed by atoms with Crippen LogP contribution in [-0.4, -0.2) is 29.3 Å². The first-order valence-electron chi connectivity index (χ1n) is 9.66. The third kappa shape index (κ3) is 5.29. The third-order valence-electron chi connectivity index (χ3n) is 4.79. The zero-order valence-electron chi connectivity index (χ0n) is 16.3. The highest BCUT2D eigenvalue weighted by Gasteiger charge is 2.34. The van der Waals surface area contributed by atoms with E-state index in [2.05, 4.69) is 10.3 Å². The number of nitrogens with one attached hydrogen (secondary N) is 1. The molecule has 0 unspecified atom stereocenters. The van der Waals surface area contributed by atoms with Gasteiger partial charge in [0.1, 0.15) is 11.5 Å².